The van der Waals surface area contributed by atoms with Gasteiger partial charge in [-0.25, -0.2) is 13.6 Å². The van der Waals surface area contributed by atoms with Gasteiger partial charge in [0, 0.05) is 26.4 Å². The summed E-state index contributed by atoms with van der Waals surface area (Å²) in [6, 6.07) is 6.24. The van der Waals surface area contributed by atoms with Crippen LogP contribution in [0.4, 0.5) is 17.6 Å². The maximum atomic E-state index is 11.3. The van der Waals surface area contributed by atoms with E-state index in [-0.39, 0.29) is 4.90 Å². The minimum atomic E-state index is -3.71. The average molecular weight is 363 g/mol. The third-order valence-electron chi connectivity index (χ3n) is 3.37. The highest BCUT2D eigenvalue weighted by Crippen LogP contribution is 2.21. The third kappa shape index (κ3) is 4.64. The molecule has 25 heavy (non-hydrogen) atoms. The number of sulfonamides is 1. The maximum absolute atomic E-state index is 11.3. The summed E-state index contributed by atoms with van der Waals surface area (Å²) in [5.41, 5.74) is 1.38. The Morgan fingerprint density at radius 2 is 1.80 bits per heavy atom. The van der Waals surface area contributed by atoms with E-state index < -0.39 is 10.0 Å². The Labute approximate surface area is 146 Å². The molecule has 134 valence electrons. The number of nitrogens with zero attached hydrogens (tertiary/aromatic N) is 2. The number of benzene rings is 1. The van der Waals surface area contributed by atoms with E-state index in [0.29, 0.717) is 36.2 Å². The molecule has 0 unspecified atom stereocenters. The molecule has 0 bridgehead atoms. The van der Waals surface area contributed by atoms with Crippen LogP contribution in [0.15, 0.2) is 29.2 Å². The molecule has 1 aromatic carbocycles. The van der Waals surface area contributed by atoms with Gasteiger partial charge in [0.25, 0.3) is 0 Å². The summed E-state index contributed by atoms with van der Waals surface area (Å²) >= 11 is 0. The van der Waals surface area contributed by atoms with Crippen molar-refractivity contribution in [3.63, 3.8) is 0 Å². The fraction of sp³-hybridized carbons (Fsp3) is 0.267. The van der Waals surface area contributed by atoms with E-state index in [0.717, 1.165) is 5.56 Å². The largest absolute Gasteiger partial charge is 0.372 e. The van der Waals surface area contributed by atoms with Gasteiger partial charge < -0.3 is 21.4 Å². The summed E-state index contributed by atoms with van der Waals surface area (Å²) in [7, 11) is -1.98. The number of nitrogens with two attached hydrogens (primary N) is 1. The van der Waals surface area contributed by atoms with Crippen molar-refractivity contribution >= 4 is 33.8 Å². The molecule has 0 aliphatic carbocycles. The number of anilines is 3. The molecule has 2 aromatic rings. The fourth-order valence-electron chi connectivity index (χ4n) is 2.15. The van der Waals surface area contributed by atoms with Gasteiger partial charge in [0.1, 0.15) is 11.6 Å². The lowest BCUT2D eigenvalue weighted by Gasteiger charge is -2.14. The zero-order valence-corrected chi connectivity index (χ0v) is 14.8. The SMILES string of the molecule is CCNc1nc(NC)c(C=N)c(NCc2ccc(S(N)(=O)=O)cc2)n1. The second kappa shape index (κ2) is 7.90. The molecule has 0 radical (unpaired) electrons. The molecule has 0 atom stereocenters. The Balaban J connectivity index is 2.24. The topological polar surface area (TPSA) is 146 Å². The number of hydrogen-bond donors (Lipinski definition) is 5. The maximum Gasteiger partial charge on any atom is 0.238 e. The van der Waals surface area contributed by atoms with E-state index in [2.05, 4.69) is 25.9 Å². The van der Waals surface area contributed by atoms with Gasteiger partial charge in [-0.2, -0.15) is 9.97 Å². The molecule has 0 aliphatic heterocycles. The first-order chi connectivity index (χ1) is 11.9. The summed E-state index contributed by atoms with van der Waals surface area (Å²) in [5, 5.41) is 21.8. The van der Waals surface area contributed by atoms with Crippen molar-refractivity contribution in [1.29, 1.82) is 5.41 Å². The molecule has 0 saturated heterocycles. The van der Waals surface area contributed by atoms with Gasteiger partial charge in [0.05, 0.1) is 10.5 Å². The van der Waals surface area contributed by atoms with Gasteiger partial charge in [-0.05, 0) is 24.6 Å². The second-order valence-electron chi connectivity index (χ2n) is 5.13. The standard InChI is InChI=1S/C15H21N7O2S/c1-3-19-15-21-13(18-2)12(8-16)14(22-15)20-9-10-4-6-11(7-5-10)25(17,23)24/h4-8,16H,3,9H2,1-2H3,(H2,17,23,24)(H3,18,19,20,21,22). The zero-order valence-electron chi connectivity index (χ0n) is 14.0. The number of hydrogen-bond acceptors (Lipinski definition) is 8. The van der Waals surface area contributed by atoms with E-state index in [1.165, 1.54) is 18.3 Å². The molecule has 0 aliphatic rings. The fourth-order valence-corrected chi connectivity index (χ4v) is 2.67. The Bertz CT molecular complexity index is 851. The van der Waals surface area contributed by atoms with Crippen LogP contribution in [-0.2, 0) is 16.6 Å². The summed E-state index contributed by atoms with van der Waals surface area (Å²) in [6.45, 7) is 3.01. The van der Waals surface area contributed by atoms with E-state index in [9.17, 15) is 8.42 Å². The van der Waals surface area contributed by atoms with Gasteiger partial charge in [-0.3, -0.25) is 0 Å². The molecule has 10 heteroatoms. The van der Waals surface area contributed by atoms with Gasteiger partial charge in [0.15, 0.2) is 0 Å². The van der Waals surface area contributed by atoms with Gasteiger partial charge in [0.2, 0.25) is 16.0 Å². The van der Waals surface area contributed by atoms with Crippen LogP contribution in [-0.4, -0.2) is 38.2 Å². The first-order valence-corrected chi connectivity index (χ1v) is 9.13. The highest BCUT2D eigenvalue weighted by Gasteiger charge is 2.12. The quantitative estimate of drug-likeness (QED) is 0.443. The van der Waals surface area contributed by atoms with Gasteiger partial charge >= 0.3 is 0 Å². The molecule has 1 aromatic heterocycles. The normalized spacial score (nSPS) is 11.0. The Morgan fingerprint density at radius 3 is 2.32 bits per heavy atom. The summed E-state index contributed by atoms with van der Waals surface area (Å²) in [5.74, 6) is 1.48. The predicted octanol–water partition coefficient (Wildman–Crippen LogP) is 1.21. The molecule has 2 rings (SSSR count). The van der Waals surface area contributed by atoms with Gasteiger partial charge in [-0.15, -0.1) is 0 Å². The van der Waals surface area contributed by atoms with Crippen molar-refractivity contribution in [2.45, 2.75) is 18.4 Å². The molecule has 9 nitrogen and oxygen atoms in total. The van der Waals surface area contributed by atoms with Crippen LogP contribution in [0.1, 0.15) is 18.1 Å². The molecule has 0 fully saturated rings. The van der Waals surface area contributed by atoms with Crippen LogP contribution < -0.4 is 21.1 Å². The van der Waals surface area contributed by atoms with E-state index >= 15 is 0 Å². The molecule has 0 spiro atoms. The van der Waals surface area contributed by atoms with E-state index in [1.54, 1.807) is 19.2 Å². The first-order valence-electron chi connectivity index (χ1n) is 7.58. The Morgan fingerprint density at radius 1 is 1.16 bits per heavy atom. The summed E-state index contributed by atoms with van der Waals surface area (Å²) in [4.78, 5) is 8.73. The predicted molar refractivity (Wildman–Crippen MR) is 98.8 cm³/mol. The van der Waals surface area contributed by atoms with Crippen molar-refractivity contribution in [3.05, 3.63) is 35.4 Å². The molecule has 0 saturated carbocycles. The molecule has 0 amide bonds. The lowest BCUT2D eigenvalue weighted by atomic mass is 10.2. The van der Waals surface area contributed by atoms with Crippen LogP contribution in [0.5, 0.6) is 0 Å². The zero-order chi connectivity index (χ0) is 18.4. The number of primary sulfonamides is 1. The molecule has 6 N–H and O–H groups in total. The first kappa shape index (κ1) is 18.6. The Hall–Kier alpha value is -2.72. The highest BCUT2D eigenvalue weighted by molar-refractivity contribution is 7.89. The summed E-state index contributed by atoms with van der Waals surface area (Å²) < 4.78 is 22.6. The molecule has 1 heterocycles. The number of aromatic nitrogens is 2. The van der Waals surface area contributed by atoms with Gasteiger partial charge in [-0.1, -0.05) is 12.1 Å². The van der Waals surface area contributed by atoms with Crippen molar-refractivity contribution in [2.24, 2.45) is 5.14 Å². The van der Waals surface area contributed by atoms with Crippen molar-refractivity contribution in [2.75, 3.05) is 29.5 Å². The molecular weight excluding hydrogens is 342 g/mol. The Kier molecular flexibility index (Phi) is 5.88. The smallest absolute Gasteiger partial charge is 0.238 e. The number of rotatable bonds is 8. The van der Waals surface area contributed by atoms with Crippen LogP contribution in [0.3, 0.4) is 0 Å². The van der Waals surface area contributed by atoms with E-state index in [4.69, 9.17) is 10.5 Å². The van der Waals surface area contributed by atoms with E-state index in [1.807, 2.05) is 6.92 Å². The van der Waals surface area contributed by atoms with Crippen molar-refractivity contribution in [1.82, 2.24) is 9.97 Å². The highest BCUT2D eigenvalue weighted by atomic mass is 32.2. The summed E-state index contributed by atoms with van der Waals surface area (Å²) in [6.07, 6.45) is 1.17. The minimum absolute atomic E-state index is 0.0605. The van der Waals surface area contributed by atoms with Crippen LogP contribution in [0, 0.1) is 5.41 Å². The second-order valence-corrected chi connectivity index (χ2v) is 6.69. The molecular formula is C15H21N7O2S. The lowest BCUT2D eigenvalue weighted by Crippen LogP contribution is -2.13. The van der Waals surface area contributed by atoms with Crippen molar-refractivity contribution in [3.8, 4) is 0 Å². The lowest BCUT2D eigenvalue weighted by molar-refractivity contribution is 0.598. The minimum Gasteiger partial charge on any atom is -0.372 e. The van der Waals surface area contributed by atoms with Crippen molar-refractivity contribution < 1.29 is 8.42 Å². The monoisotopic (exact) mass is 363 g/mol. The van der Waals surface area contributed by atoms with Crippen LogP contribution in [0.2, 0.25) is 0 Å². The average Bonchev–Trinajstić information content (AvgIpc) is 2.59. The van der Waals surface area contributed by atoms with Crippen LogP contribution >= 0.6 is 0 Å². The third-order valence-corrected chi connectivity index (χ3v) is 4.30. The number of nitrogens with one attached hydrogen (secondary N) is 4. The van der Waals surface area contributed by atoms with Crippen LogP contribution in [0.25, 0.3) is 0 Å².